The highest BCUT2D eigenvalue weighted by atomic mass is 16.2. The van der Waals surface area contributed by atoms with E-state index in [-0.39, 0.29) is 5.91 Å². The zero-order valence-electron chi connectivity index (χ0n) is 17.0. The summed E-state index contributed by atoms with van der Waals surface area (Å²) in [7, 11) is 2.22. The van der Waals surface area contributed by atoms with Crippen LogP contribution in [-0.4, -0.2) is 55.5 Å². The van der Waals surface area contributed by atoms with Gasteiger partial charge in [0.25, 0.3) is 0 Å². The second-order valence-corrected chi connectivity index (χ2v) is 8.71. The summed E-state index contributed by atoms with van der Waals surface area (Å²) >= 11 is 0. The van der Waals surface area contributed by atoms with Gasteiger partial charge in [-0.3, -0.25) is 9.69 Å². The minimum atomic E-state index is 0.222. The fourth-order valence-corrected chi connectivity index (χ4v) is 4.64. The van der Waals surface area contributed by atoms with E-state index in [9.17, 15) is 4.79 Å². The molecule has 4 nitrogen and oxygen atoms in total. The number of rotatable bonds is 8. The van der Waals surface area contributed by atoms with E-state index in [0.717, 1.165) is 38.6 Å². The van der Waals surface area contributed by atoms with E-state index in [4.69, 9.17) is 0 Å². The summed E-state index contributed by atoms with van der Waals surface area (Å²) in [5.41, 5.74) is 1.38. The van der Waals surface area contributed by atoms with E-state index in [0.29, 0.717) is 12.5 Å². The Hall–Kier alpha value is -1.39. The number of likely N-dealkylation sites (tertiary alicyclic amines) is 1. The van der Waals surface area contributed by atoms with Gasteiger partial charge in [0.15, 0.2) is 0 Å². The monoisotopic (exact) mass is 371 g/mol. The summed E-state index contributed by atoms with van der Waals surface area (Å²) in [5, 5.41) is 3.18. The van der Waals surface area contributed by atoms with E-state index in [1.54, 1.807) is 0 Å². The highest BCUT2D eigenvalue weighted by Gasteiger charge is 2.22. The lowest BCUT2D eigenvalue weighted by atomic mass is 9.89. The minimum Gasteiger partial charge on any atom is -0.355 e. The first-order valence-corrected chi connectivity index (χ1v) is 10.9. The van der Waals surface area contributed by atoms with Crippen LogP contribution < -0.4 is 5.32 Å². The summed E-state index contributed by atoms with van der Waals surface area (Å²) < 4.78 is 0. The first-order valence-electron chi connectivity index (χ1n) is 10.9. The van der Waals surface area contributed by atoms with Gasteiger partial charge in [-0.2, -0.15) is 0 Å². The highest BCUT2D eigenvalue weighted by Crippen LogP contribution is 2.23. The van der Waals surface area contributed by atoms with Crippen molar-refractivity contribution in [3.8, 4) is 0 Å². The lowest BCUT2D eigenvalue weighted by molar-refractivity contribution is -0.122. The van der Waals surface area contributed by atoms with Crippen molar-refractivity contribution in [1.29, 1.82) is 0 Å². The van der Waals surface area contributed by atoms with Crippen molar-refractivity contribution in [3.63, 3.8) is 0 Å². The maximum Gasteiger partial charge on any atom is 0.234 e. The molecule has 0 spiro atoms. The predicted octanol–water partition coefficient (Wildman–Crippen LogP) is 3.53. The Morgan fingerprint density at radius 1 is 1.04 bits per heavy atom. The largest absolute Gasteiger partial charge is 0.355 e. The van der Waals surface area contributed by atoms with E-state index < -0.39 is 0 Å². The van der Waals surface area contributed by atoms with Crippen molar-refractivity contribution in [2.24, 2.45) is 11.8 Å². The zero-order valence-corrected chi connectivity index (χ0v) is 17.0. The fraction of sp³-hybridized carbons (Fsp3) is 0.696. The lowest BCUT2D eigenvalue weighted by Crippen LogP contribution is -2.44. The van der Waals surface area contributed by atoms with E-state index in [1.165, 1.54) is 50.5 Å². The molecule has 150 valence electrons. The molecule has 0 aromatic heterocycles. The summed E-state index contributed by atoms with van der Waals surface area (Å²) in [4.78, 5) is 17.0. The van der Waals surface area contributed by atoms with Gasteiger partial charge >= 0.3 is 0 Å². The van der Waals surface area contributed by atoms with Gasteiger partial charge in [-0.05, 0) is 63.2 Å². The average Bonchev–Trinajstić information content (AvgIpc) is 2.69. The molecule has 1 saturated carbocycles. The molecule has 1 heterocycles. The van der Waals surface area contributed by atoms with Crippen LogP contribution in [0.2, 0.25) is 0 Å². The molecule has 1 aliphatic carbocycles. The number of piperidine rings is 1. The molecule has 2 aliphatic rings. The van der Waals surface area contributed by atoms with Gasteiger partial charge in [0.05, 0.1) is 6.54 Å². The van der Waals surface area contributed by atoms with Crippen molar-refractivity contribution in [1.82, 2.24) is 15.1 Å². The Labute approximate surface area is 165 Å². The summed E-state index contributed by atoms with van der Waals surface area (Å²) in [6, 6.07) is 10.7. The van der Waals surface area contributed by atoms with Crippen LogP contribution in [0.1, 0.15) is 50.5 Å². The van der Waals surface area contributed by atoms with Crippen LogP contribution >= 0.6 is 0 Å². The summed E-state index contributed by atoms with van der Waals surface area (Å²) in [6.45, 7) is 5.75. The molecule has 1 aromatic carbocycles. The molecule has 1 N–H and O–H groups in total. The predicted molar refractivity (Wildman–Crippen MR) is 112 cm³/mol. The number of carbonyl (C=O) groups excluding carboxylic acids is 1. The molecule has 3 rings (SSSR count). The van der Waals surface area contributed by atoms with Crippen LogP contribution in [0.3, 0.4) is 0 Å². The normalized spacial score (nSPS) is 20.1. The van der Waals surface area contributed by atoms with Gasteiger partial charge < -0.3 is 10.2 Å². The van der Waals surface area contributed by atoms with Crippen molar-refractivity contribution < 1.29 is 4.79 Å². The Balaban J connectivity index is 1.29. The molecular weight excluding hydrogens is 334 g/mol. The quantitative estimate of drug-likeness (QED) is 0.759. The van der Waals surface area contributed by atoms with Gasteiger partial charge in [0, 0.05) is 19.6 Å². The van der Waals surface area contributed by atoms with Crippen molar-refractivity contribution in [3.05, 3.63) is 35.9 Å². The Kier molecular flexibility index (Phi) is 8.15. The van der Waals surface area contributed by atoms with Crippen molar-refractivity contribution >= 4 is 5.91 Å². The molecule has 1 saturated heterocycles. The van der Waals surface area contributed by atoms with E-state index in [2.05, 4.69) is 52.5 Å². The maximum absolute atomic E-state index is 12.3. The first kappa shape index (κ1) is 20.3. The molecule has 0 radical (unpaired) electrons. The van der Waals surface area contributed by atoms with E-state index >= 15 is 0 Å². The smallest absolute Gasteiger partial charge is 0.234 e. The second-order valence-electron chi connectivity index (χ2n) is 8.71. The molecule has 0 unspecified atom stereocenters. The Bertz CT molecular complexity index is 548. The van der Waals surface area contributed by atoms with Crippen LogP contribution in [0.15, 0.2) is 30.3 Å². The van der Waals surface area contributed by atoms with Gasteiger partial charge in [0.2, 0.25) is 5.91 Å². The fourth-order valence-electron chi connectivity index (χ4n) is 4.64. The number of nitrogens with zero attached hydrogens (tertiary/aromatic N) is 2. The molecule has 2 fully saturated rings. The topological polar surface area (TPSA) is 35.6 Å². The minimum absolute atomic E-state index is 0.222. The molecule has 27 heavy (non-hydrogen) atoms. The van der Waals surface area contributed by atoms with Gasteiger partial charge in [0.1, 0.15) is 0 Å². The Morgan fingerprint density at radius 2 is 1.74 bits per heavy atom. The SMILES string of the molecule is CN(Cc1ccccc1)CC1CCN(CC(=O)NCC2CCCCC2)CC1. The number of hydrogen-bond donors (Lipinski definition) is 1. The van der Waals surface area contributed by atoms with Gasteiger partial charge in [-0.1, -0.05) is 49.6 Å². The zero-order chi connectivity index (χ0) is 18.9. The van der Waals surface area contributed by atoms with Crippen LogP contribution in [0, 0.1) is 11.8 Å². The molecule has 1 amide bonds. The lowest BCUT2D eigenvalue weighted by Gasteiger charge is -2.33. The molecule has 4 heteroatoms. The van der Waals surface area contributed by atoms with Crippen LogP contribution in [0.25, 0.3) is 0 Å². The molecular formula is C23H37N3O. The number of amides is 1. The third-order valence-electron chi connectivity index (χ3n) is 6.25. The number of nitrogens with one attached hydrogen (secondary N) is 1. The standard InChI is InChI=1S/C23H37N3O/c1-25(17-21-10-6-3-7-11-21)18-22-12-14-26(15-13-22)19-23(27)24-16-20-8-4-2-5-9-20/h3,6-7,10-11,20,22H,2,4-5,8-9,12-19H2,1H3,(H,24,27). The third kappa shape index (κ3) is 7.27. The molecule has 0 atom stereocenters. The summed E-state index contributed by atoms with van der Waals surface area (Å²) in [5.74, 6) is 1.69. The number of benzene rings is 1. The molecule has 1 aliphatic heterocycles. The second kappa shape index (κ2) is 10.8. The van der Waals surface area contributed by atoms with E-state index in [1.807, 2.05) is 0 Å². The highest BCUT2D eigenvalue weighted by molar-refractivity contribution is 5.78. The van der Waals surface area contributed by atoms with Gasteiger partial charge in [-0.15, -0.1) is 0 Å². The maximum atomic E-state index is 12.3. The average molecular weight is 372 g/mol. The number of hydrogen-bond acceptors (Lipinski definition) is 3. The van der Waals surface area contributed by atoms with Crippen molar-refractivity contribution in [2.75, 3.05) is 39.8 Å². The van der Waals surface area contributed by atoms with Crippen molar-refractivity contribution in [2.45, 2.75) is 51.5 Å². The van der Waals surface area contributed by atoms with Gasteiger partial charge in [-0.25, -0.2) is 0 Å². The summed E-state index contributed by atoms with van der Waals surface area (Å²) in [6.07, 6.45) is 9.05. The van der Waals surface area contributed by atoms with Crippen LogP contribution in [0.4, 0.5) is 0 Å². The van der Waals surface area contributed by atoms with Crippen LogP contribution in [0.5, 0.6) is 0 Å². The number of carbonyl (C=O) groups is 1. The third-order valence-corrected chi connectivity index (χ3v) is 6.25. The molecule has 1 aromatic rings. The molecule has 0 bridgehead atoms. The van der Waals surface area contributed by atoms with Crippen LogP contribution in [-0.2, 0) is 11.3 Å². The first-order chi connectivity index (χ1) is 13.2. The Morgan fingerprint density at radius 3 is 2.44 bits per heavy atom.